The van der Waals surface area contributed by atoms with E-state index >= 15 is 9.59 Å². The van der Waals surface area contributed by atoms with Gasteiger partial charge < -0.3 is 67.4 Å². The number of pyridine rings is 1. The van der Waals surface area contributed by atoms with Crippen LogP contribution in [0.2, 0.25) is 0 Å². The van der Waals surface area contributed by atoms with Gasteiger partial charge in [-0.25, -0.2) is 0 Å². The molecule has 19 atom stereocenters. The molecule has 19 nitrogen and oxygen atoms in total. The molecule has 1 aromatic carbocycles. The van der Waals surface area contributed by atoms with Crippen molar-refractivity contribution in [3.05, 3.63) is 48.3 Å². The molecule has 0 bridgehead atoms. The van der Waals surface area contributed by atoms with E-state index in [1.54, 1.807) is 77.1 Å². The number of hydrogen-bond acceptors (Lipinski definition) is 19. The minimum absolute atomic E-state index is 0.0201. The lowest BCUT2D eigenvalue weighted by Gasteiger charge is -2.49. The second kappa shape index (κ2) is 26.6. The summed E-state index contributed by atoms with van der Waals surface area (Å²) in [4.78, 5) is 67.2. The average molecular weight is 1240 g/mol. The van der Waals surface area contributed by atoms with Crippen LogP contribution in [0.1, 0.15) is 118 Å². The number of carbonyl (C=O) groups excluding carboxylic acids is 4. The van der Waals surface area contributed by atoms with E-state index in [9.17, 15) is 19.8 Å². The molecule has 2 N–H and O–H groups in total. The van der Waals surface area contributed by atoms with Crippen LogP contribution in [0.3, 0.4) is 0 Å². The average Bonchev–Trinajstić information content (AvgIpc) is 4.05. The van der Waals surface area contributed by atoms with Gasteiger partial charge in [0, 0.05) is 86.8 Å². The molecular weight excluding hydrogens is 1150 g/mol. The summed E-state index contributed by atoms with van der Waals surface area (Å²) < 4.78 is 62.8. The van der Waals surface area contributed by atoms with Gasteiger partial charge in [-0.15, -0.1) is 11.8 Å². The number of benzene rings is 1. The number of amides is 1. The third-order valence-electron chi connectivity index (χ3n) is 17.5. The topological polar surface area (TPSA) is 220 Å². The van der Waals surface area contributed by atoms with Gasteiger partial charge in [-0.1, -0.05) is 20.8 Å². The molecule has 0 radical (unpaired) electrons. The molecule has 79 heavy (non-hydrogen) atoms. The summed E-state index contributed by atoms with van der Waals surface area (Å²) >= 11 is 3.26. The summed E-state index contributed by atoms with van der Waals surface area (Å²) in [6, 6.07) is 8.44. The molecule has 5 aliphatic rings. The zero-order chi connectivity index (χ0) is 57.9. The minimum atomic E-state index is -1.53. The summed E-state index contributed by atoms with van der Waals surface area (Å²) in [5.41, 5.74) is -3.01. The van der Waals surface area contributed by atoms with E-state index in [0.717, 1.165) is 25.7 Å². The van der Waals surface area contributed by atoms with Gasteiger partial charge in [-0.05, 0) is 141 Å². The maximum Gasteiger partial charge on any atom is 0.320 e. The van der Waals surface area contributed by atoms with Gasteiger partial charge in [-0.2, -0.15) is 0 Å². The predicted molar refractivity (Wildman–Crippen MR) is 304 cm³/mol. The number of methoxy groups -OCH3 is 3. The summed E-state index contributed by atoms with van der Waals surface area (Å²) in [6.07, 6.45) is 0.459. The van der Waals surface area contributed by atoms with E-state index in [4.69, 9.17) is 47.4 Å². The number of carbonyl (C=O) groups is 4. The Bertz CT molecular complexity index is 2410. The van der Waals surface area contributed by atoms with E-state index in [1.807, 2.05) is 75.3 Å². The number of alkyl halides is 1. The Morgan fingerprint density at radius 2 is 1.58 bits per heavy atom. The number of thioether (sulfide) groups is 1. The van der Waals surface area contributed by atoms with Gasteiger partial charge in [0.2, 0.25) is 0 Å². The summed E-state index contributed by atoms with van der Waals surface area (Å²) in [5, 5.41) is 22.2. The van der Waals surface area contributed by atoms with Crippen molar-refractivity contribution in [2.24, 2.45) is 29.6 Å². The zero-order valence-electron chi connectivity index (χ0n) is 48.5. The van der Waals surface area contributed by atoms with Gasteiger partial charge in [-0.3, -0.25) is 24.2 Å². The first-order valence-electron chi connectivity index (χ1n) is 27.8. The van der Waals surface area contributed by atoms with Crippen molar-refractivity contribution in [2.45, 2.75) is 195 Å². The van der Waals surface area contributed by atoms with Crippen molar-refractivity contribution >= 4 is 63.7 Å². The number of esters is 2. The van der Waals surface area contributed by atoms with Crippen molar-refractivity contribution in [2.75, 3.05) is 52.6 Å². The number of fused-ring (bicyclic) bond motifs is 1. The molecule has 2 aromatic rings. The standard InChI is InChI=1S/C58H86IN3O16S/c1-31-28-57(8,71-14)50(76-54-46(64)40(61(10)11)26-32(2)72-54)34(4)47(75-43-29-56(7,70-13)49(65)36(6)73-43)35(5)52(67)77-55(59)58(9)44(33(3)45(31)63)48(53(68)78-58)79-25-24-62(51(66)37-18-17-23-60-30-37)38-21-22-41(69-12)42(27-38)74-39-19-15-16-20-39/h17-18,21-23,27,30-36,39-40,43-44,46-50,54-55,64-65H,15-16,19-20,24-26,28-29H2,1-14H3/t31-,32-,33-,34+,35-,36+,40+,43+,44+,46-,47+,48+,49+,50-,54+,55+,56-,57-,58+/m1/s1. The molecule has 5 fully saturated rings. The highest BCUT2D eigenvalue weighted by atomic mass is 127. The molecule has 1 amide bonds. The molecule has 4 aliphatic heterocycles. The van der Waals surface area contributed by atoms with Crippen LogP contribution >= 0.6 is 34.4 Å². The number of ether oxygens (including phenoxy) is 10. The Labute approximate surface area is 484 Å². The highest BCUT2D eigenvalue weighted by Crippen LogP contribution is 2.50. The van der Waals surface area contributed by atoms with Crippen LogP contribution in [0.5, 0.6) is 11.5 Å². The van der Waals surface area contributed by atoms with E-state index in [2.05, 4.69) is 4.98 Å². The first-order chi connectivity index (χ1) is 37.3. The number of nitrogens with zero attached hydrogens (tertiary/aromatic N) is 3. The Hall–Kier alpha value is -3.23. The SMILES string of the molecule is COc1ccc(N(CCS[C@@H]2C(=O)O[C@@]3(C)[C@H]2[C@@H](C)C(=O)[C@H](C)C[C@@](C)(OC)[C@H](O[C@@H]2O[C@H](C)C[C@H](N(C)C)[C@H]2O)[C@@H](C)[C@H](O[C@H]2C[C@@](C)(OC)[C@@H](O)[C@H](C)O2)[C@@H](C)C(=O)O[C@@H]3I)C(=O)c2cccnc2)cc1OC1CCCC1. The first kappa shape index (κ1) is 63.4. The number of halogens is 1. The molecule has 7 rings (SSSR count). The molecule has 21 heteroatoms. The second-order valence-corrected chi connectivity index (χ2v) is 25.7. The summed E-state index contributed by atoms with van der Waals surface area (Å²) in [6.45, 7) is 16.2. The molecule has 4 saturated heterocycles. The Morgan fingerprint density at radius 1 is 0.886 bits per heavy atom. The van der Waals surface area contributed by atoms with Crippen LogP contribution in [0.25, 0.3) is 0 Å². The van der Waals surface area contributed by atoms with Crippen LogP contribution in [-0.4, -0.2) is 179 Å². The molecule has 0 unspecified atom stereocenters. The number of aliphatic hydroxyl groups is 2. The largest absolute Gasteiger partial charge is 0.493 e. The Kier molecular flexibility index (Phi) is 21.3. The van der Waals surface area contributed by atoms with Crippen LogP contribution in [0, 0.1) is 29.6 Å². The highest BCUT2D eigenvalue weighted by Gasteiger charge is 2.62. The number of anilines is 1. The zero-order valence-corrected chi connectivity index (χ0v) is 51.4. The fourth-order valence-corrected chi connectivity index (χ4v) is 14.9. The van der Waals surface area contributed by atoms with Crippen molar-refractivity contribution in [1.82, 2.24) is 9.88 Å². The lowest BCUT2D eigenvalue weighted by atomic mass is 9.72. The quantitative estimate of drug-likeness (QED) is 0.0949. The third kappa shape index (κ3) is 13.7. The van der Waals surface area contributed by atoms with E-state index in [-0.39, 0.29) is 55.1 Å². The maximum atomic E-state index is 15.4. The number of rotatable bonds is 16. The number of Topliss-reactive ketones (excluding diaryl/α,β-unsaturated/α-hetero) is 1. The number of hydrogen-bond donors (Lipinski definition) is 2. The first-order valence-corrected chi connectivity index (χ1v) is 30.1. The fourth-order valence-electron chi connectivity index (χ4n) is 12.7. The number of likely N-dealkylation sites (N-methyl/N-ethyl adjacent to an activating group) is 1. The number of aliphatic hydroxyl groups excluding tert-OH is 2. The van der Waals surface area contributed by atoms with Gasteiger partial charge >= 0.3 is 11.9 Å². The van der Waals surface area contributed by atoms with Gasteiger partial charge in [0.1, 0.15) is 23.2 Å². The smallest absolute Gasteiger partial charge is 0.320 e. The van der Waals surface area contributed by atoms with Crippen LogP contribution in [-0.2, 0) is 52.3 Å². The molecule has 1 saturated carbocycles. The van der Waals surface area contributed by atoms with E-state index in [1.165, 1.54) is 32.2 Å². The number of ketones is 1. The number of cyclic esters (lactones) is 1. The van der Waals surface area contributed by atoms with E-state index < -0.39 is 111 Å². The molecule has 1 aliphatic carbocycles. The normalized spacial score (nSPS) is 38.9. The van der Waals surface area contributed by atoms with Crippen LogP contribution in [0.4, 0.5) is 5.69 Å². The molecule has 0 spiro atoms. The van der Waals surface area contributed by atoms with E-state index in [0.29, 0.717) is 29.2 Å². The van der Waals surface area contributed by atoms with Crippen molar-refractivity contribution < 1.29 is 76.8 Å². The number of aromatic nitrogens is 1. The monoisotopic (exact) mass is 1240 g/mol. The van der Waals surface area contributed by atoms with Gasteiger partial charge in [0.25, 0.3) is 5.91 Å². The molecular formula is C58H86IN3O16S. The minimum Gasteiger partial charge on any atom is -0.493 e. The lowest BCUT2D eigenvalue weighted by molar-refractivity contribution is -0.319. The van der Waals surface area contributed by atoms with Crippen LogP contribution < -0.4 is 14.4 Å². The van der Waals surface area contributed by atoms with Gasteiger partial charge in [0.05, 0.1) is 60.3 Å². The molecule has 442 valence electrons. The summed E-state index contributed by atoms with van der Waals surface area (Å²) in [5.74, 6) is -4.75. The van der Waals surface area contributed by atoms with Crippen molar-refractivity contribution in [1.29, 1.82) is 0 Å². The predicted octanol–water partition coefficient (Wildman–Crippen LogP) is 7.42. The molecule has 1 aromatic heterocycles. The maximum absolute atomic E-state index is 15.4. The fraction of sp³-hybridized carbons (Fsp3) is 0.741. The second-order valence-electron chi connectivity index (χ2n) is 23.4. The molecule has 5 heterocycles. The summed E-state index contributed by atoms with van der Waals surface area (Å²) in [7, 11) is 8.39. The Morgan fingerprint density at radius 3 is 2.22 bits per heavy atom. The van der Waals surface area contributed by atoms with Crippen LogP contribution in [0.15, 0.2) is 42.7 Å². The Balaban J connectivity index is 1.25. The van der Waals surface area contributed by atoms with Gasteiger partial charge in [0.15, 0.2) is 33.8 Å². The highest BCUT2D eigenvalue weighted by molar-refractivity contribution is 14.1. The van der Waals surface area contributed by atoms with Crippen molar-refractivity contribution in [3.63, 3.8) is 0 Å². The third-order valence-corrected chi connectivity index (χ3v) is 20.2. The van der Waals surface area contributed by atoms with Crippen molar-refractivity contribution in [3.8, 4) is 11.5 Å². The lowest BCUT2D eigenvalue weighted by Crippen LogP contribution is -2.61.